The number of halogens is 2. The third kappa shape index (κ3) is 6.23. The fourth-order valence-electron chi connectivity index (χ4n) is 3.59. The van der Waals surface area contributed by atoms with Gasteiger partial charge in [0.05, 0.1) is 10.6 Å². The molecule has 1 amide bonds. The van der Waals surface area contributed by atoms with Crippen molar-refractivity contribution in [2.75, 3.05) is 30.6 Å². The van der Waals surface area contributed by atoms with Crippen LogP contribution in [-0.2, 0) is 21.2 Å². The summed E-state index contributed by atoms with van der Waals surface area (Å²) in [5, 5.41) is 3.41. The predicted molar refractivity (Wildman–Crippen MR) is 131 cm³/mol. The second-order valence-corrected chi connectivity index (χ2v) is 10.2. The molecule has 1 aliphatic rings. The highest BCUT2D eigenvalue weighted by atomic mass is 35.5. The summed E-state index contributed by atoms with van der Waals surface area (Å²) in [6, 6.07) is 16.6. The molecule has 0 radical (unpaired) electrons. The first kappa shape index (κ1) is 24.8. The van der Waals surface area contributed by atoms with Gasteiger partial charge >= 0.3 is 0 Å². The number of carbonyl (C=O) groups is 1. The molecule has 0 aromatic heterocycles. The zero-order valence-electron chi connectivity index (χ0n) is 18.7. The minimum atomic E-state index is -4.17. The van der Waals surface area contributed by atoms with Gasteiger partial charge in [-0.3, -0.25) is 9.10 Å². The summed E-state index contributed by atoms with van der Waals surface area (Å²) in [5.41, 5.74) is 1.25. The number of nitrogens with zero attached hydrogens (tertiary/aromatic N) is 1. The number of amides is 1. The topological polar surface area (TPSA) is 84.9 Å². The Balaban J connectivity index is 1.48. The number of sulfonamides is 1. The molecule has 0 spiro atoms. The summed E-state index contributed by atoms with van der Waals surface area (Å²) in [6.07, 6.45) is 1.40. The normalized spacial score (nSPS) is 12.7. The molecule has 10 heteroatoms. The first-order chi connectivity index (χ1) is 16.8. The molecule has 3 aromatic carbocycles. The Morgan fingerprint density at radius 3 is 2.37 bits per heavy atom. The summed E-state index contributed by atoms with van der Waals surface area (Å²) >= 11 is 5.89. The Labute approximate surface area is 208 Å². The van der Waals surface area contributed by atoms with Crippen molar-refractivity contribution in [1.82, 2.24) is 5.32 Å². The van der Waals surface area contributed by atoms with Gasteiger partial charge in [0.1, 0.15) is 25.6 Å². The SMILES string of the molecule is O=C(CN(c1ccc(F)cc1)S(=O)(=O)c1ccc2c(c1)OCCO2)NCCCc1ccc(Cl)cc1. The van der Waals surface area contributed by atoms with Crippen LogP contribution in [-0.4, -0.2) is 40.6 Å². The second-order valence-electron chi connectivity index (χ2n) is 7.87. The number of anilines is 1. The highest BCUT2D eigenvalue weighted by molar-refractivity contribution is 7.92. The van der Waals surface area contributed by atoms with Gasteiger partial charge in [-0.05, 0) is 66.9 Å². The van der Waals surface area contributed by atoms with Crippen LogP contribution in [0.5, 0.6) is 11.5 Å². The average molecular weight is 519 g/mol. The molecule has 0 bridgehead atoms. The summed E-state index contributed by atoms with van der Waals surface area (Å²) < 4.78 is 52.5. The molecule has 35 heavy (non-hydrogen) atoms. The van der Waals surface area contributed by atoms with E-state index in [1.807, 2.05) is 12.1 Å². The van der Waals surface area contributed by atoms with Crippen LogP contribution in [0, 0.1) is 5.82 Å². The Bertz CT molecular complexity index is 1280. The van der Waals surface area contributed by atoms with Crippen LogP contribution < -0.4 is 19.1 Å². The minimum Gasteiger partial charge on any atom is -0.486 e. The van der Waals surface area contributed by atoms with E-state index >= 15 is 0 Å². The molecule has 0 unspecified atom stereocenters. The smallest absolute Gasteiger partial charge is 0.264 e. The molecule has 0 aliphatic carbocycles. The first-order valence-electron chi connectivity index (χ1n) is 11.0. The summed E-state index contributed by atoms with van der Waals surface area (Å²) in [6.45, 7) is 0.571. The van der Waals surface area contributed by atoms with Crippen LogP contribution in [0.4, 0.5) is 10.1 Å². The number of hydrogen-bond donors (Lipinski definition) is 1. The molecule has 1 aliphatic heterocycles. The maximum absolute atomic E-state index is 13.5. The van der Waals surface area contributed by atoms with Crippen LogP contribution in [0.1, 0.15) is 12.0 Å². The lowest BCUT2D eigenvalue weighted by Crippen LogP contribution is -2.41. The highest BCUT2D eigenvalue weighted by Crippen LogP contribution is 2.34. The van der Waals surface area contributed by atoms with Crippen LogP contribution in [0.25, 0.3) is 0 Å². The molecule has 3 aromatic rings. The van der Waals surface area contributed by atoms with E-state index in [2.05, 4.69) is 5.32 Å². The minimum absolute atomic E-state index is 0.0680. The number of hydrogen-bond acceptors (Lipinski definition) is 5. The number of nitrogens with one attached hydrogen (secondary N) is 1. The number of benzene rings is 3. The number of rotatable bonds is 9. The van der Waals surface area contributed by atoms with E-state index in [9.17, 15) is 17.6 Å². The van der Waals surface area contributed by atoms with E-state index in [1.54, 1.807) is 12.1 Å². The summed E-state index contributed by atoms with van der Waals surface area (Å²) in [4.78, 5) is 12.6. The van der Waals surface area contributed by atoms with Gasteiger partial charge in [-0.25, -0.2) is 12.8 Å². The van der Waals surface area contributed by atoms with E-state index in [-0.39, 0.29) is 10.6 Å². The van der Waals surface area contributed by atoms with Crippen LogP contribution in [0.15, 0.2) is 71.6 Å². The summed E-state index contributed by atoms with van der Waals surface area (Å²) in [7, 11) is -4.17. The fraction of sp³-hybridized carbons (Fsp3) is 0.240. The standard InChI is InChI=1S/C25H24ClFN2O5S/c26-19-5-3-18(4-6-19)2-1-13-28-25(30)17-29(21-9-7-20(27)8-10-21)35(31,32)22-11-12-23-24(16-22)34-15-14-33-23/h3-12,16H,1-2,13-15,17H2,(H,28,30). The van der Waals surface area contributed by atoms with E-state index in [0.717, 1.165) is 28.4 Å². The molecule has 0 saturated heterocycles. The number of fused-ring (bicyclic) bond motifs is 1. The van der Waals surface area contributed by atoms with Gasteiger partial charge in [0.2, 0.25) is 5.91 Å². The first-order valence-corrected chi connectivity index (χ1v) is 12.8. The van der Waals surface area contributed by atoms with Crippen LogP contribution in [0.2, 0.25) is 5.02 Å². The van der Waals surface area contributed by atoms with E-state index in [0.29, 0.717) is 42.7 Å². The van der Waals surface area contributed by atoms with Gasteiger partial charge in [-0.2, -0.15) is 0 Å². The molecular formula is C25H24ClFN2O5S. The molecule has 4 rings (SSSR count). The Kier molecular flexibility index (Phi) is 7.77. The maximum atomic E-state index is 13.5. The Hall–Kier alpha value is -3.30. The van der Waals surface area contributed by atoms with Crippen molar-refractivity contribution in [2.24, 2.45) is 0 Å². The molecule has 7 nitrogen and oxygen atoms in total. The lowest BCUT2D eigenvalue weighted by molar-refractivity contribution is -0.119. The van der Waals surface area contributed by atoms with Gasteiger partial charge in [0.25, 0.3) is 10.0 Å². The van der Waals surface area contributed by atoms with Crippen molar-refractivity contribution in [1.29, 1.82) is 0 Å². The predicted octanol–water partition coefficient (Wildman–Crippen LogP) is 4.19. The lowest BCUT2D eigenvalue weighted by atomic mass is 10.1. The van der Waals surface area contributed by atoms with Crippen molar-refractivity contribution < 1.29 is 27.1 Å². The molecular weight excluding hydrogens is 495 g/mol. The molecule has 184 valence electrons. The van der Waals surface area contributed by atoms with Crippen molar-refractivity contribution in [3.63, 3.8) is 0 Å². The van der Waals surface area contributed by atoms with E-state index in [4.69, 9.17) is 21.1 Å². The van der Waals surface area contributed by atoms with Gasteiger partial charge in [0, 0.05) is 17.6 Å². The number of carbonyl (C=O) groups excluding carboxylic acids is 1. The summed E-state index contributed by atoms with van der Waals surface area (Å²) in [5.74, 6) is -0.242. The highest BCUT2D eigenvalue weighted by Gasteiger charge is 2.29. The molecule has 0 saturated carbocycles. The lowest BCUT2D eigenvalue weighted by Gasteiger charge is -2.25. The molecule has 0 atom stereocenters. The van der Waals surface area contributed by atoms with Crippen molar-refractivity contribution >= 4 is 33.2 Å². The van der Waals surface area contributed by atoms with Crippen molar-refractivity contribution in [2.45, 2.75) is 17.7 Å². The quantitative estimate of drug-likeness (QED) is 0.429. The monoisotopic (exact) mass is 518 g/mol. The van der Waals surface area contributed by atoms with Crippen LogP contribution >= 0.6 is 11.6 Å². The molecule has 1 N–H and O–H groups in total. The third-order valence-electron chi connectivity index (χ3n) is 5.38. The van der Waals surface area contributed by atoms with E-state index < -0.39 is 28.3 Å². The third-order valence-corrected chi connectivity index (χ3v) is 7.40. The van der Waals surface area contributed by atoms with Gasteiger partial charge in [-0.15, -0.1) is 0 Å². The van der Waals surface area contributed by atoms with Gasteiger partial charge in [-0.1, -0.05) is 23.7 Å². The molecule has 0 fully saturated rings. The zero-order chi connectivity index (χ0) is 24.8. The second kappa shape index (κ2) is 11.0. The van der Waals surface area contributed by atoms with Crippen molar-refractivity contribution in [3.8, 4) is 11.5 Å². The Morgan fingerprint density at radius 2 is 1.66 bits per heavy atom. The zero-order valence-corrected chi connectivity index (χ0v) is 20.3. The largest absolute Gasteiger partial charge is 0.486 e. The van der Waals surface area contributed by atoms with Gasteiger partial charge in [0.15, 0.2) is 11.5 Å². The van der Waals surface area contributed by atoms with Crippen molar-refractivity contribution in [3.05, 3.63) is 83.1 Å². The average Bonchev–Trinajstić information content (AvgIpc) is 2.86. The number of ether oxygens (including phenoxy) is 2. The van der Waals surface area contributed by atoms with E-state index in [1.165, 1.54) is 30.3 Å². The number of aryl methyl sites for hydroxylation is 1. The maximum Gasteiger partial charge on any atom is 0.264 e. The molecule has 1 heterocycles. The van der Waals surface area contributed by atoms with Crippen LogP contribution in [0.3, 0.4) is 0 Å². The Morgan fingerprint density at radius 1 is 0.971 bits per heavy atom. The fourth-order valence-corrected chi connectivity index (χ4v) is 5.15. The van der Waals surface area contributed by atoms with Gasteiger partial charge < -0.3 is 14.8 Å².